The van der Waals surface area contributed by atoms with Crippen LogP contribution in [-0.2, 0) is 17.8 Å². The predicted molar refractivity (Wildman–Crippen MR) is 140 cm³/mol. The van der Waals surface area contributed by atoms with Crippen molar-refractivity contribution < 1.29 is 14.3 Å². The van der Waals surface area contributed by atoms with Crippen LogP contribution >= 0.6 is 15.9 Å². The SMILES string of the molecule is CNC(=O)c1nccn1Cc1cc(OC)c2c(nc(-c3ccc(C(C)C)cc3)n2CCOC)c1Br. The second-order valence-electron chi connectivity index (χ2n) is 8.56. The van der Waals surface area contributed by atoms with E-state index in [9.17, 15) is 4.79 Å². The molecule has 8 nitrogen and oxygen atoms in total. The predicted octanol–water partition coefficient (Wildman–Crippen LogP) is 4.85. The number of fused-ring (bicyclic) bond motifs is 1. The van der Waals surface area contributed by atoms with Gasteiger partial charge in [-0.2, -0.15) is 0 Å². The number of halogens is 1. The molecule has 2 aromatic heterocycles. The molecule has 1 N–H and O–H groups in total. The molecule has 35 heavy (non-hydrogen) atoms. The van der Waals surface area contributed by atoms with Crippen molar-refractivity contribution in [2.24, 2.45) is 0 Å². The van der Waals surface area contributed by atoms with Crippen LogP contribution in [0, 0.1) is 0 Å². The van der Waals surface area contributed by atoms with Crippen molar-refractivity contribution in [2.45, 2.75) is 32.9 Å². The highest BCUT2D eigenvalue weighted by Crippen LogP contribution is 2.38. The highest BCUT2D eigenvalue weighted by atomic mass is 79.9. The Kier molecular flexibility index (Phi) is 7.57. The molecule has 184 valence electrons. The topological polar surface area (TPSA) is 83.2 Å². The molecule has 2 heterocycles. The first-order valence-electron chi connectivity index (χ1n) is 11.5. The van der Waals surface area contributed by atoms with Crippen molar-refractivity contribution in [1.82, 2.24) is 24.4 Å². The third kappa shape index (κ3) is 4.83. The van der Waals surface area contributed by atoms with Gasteiger partial charge in [0, 0.05) is 38.7 Å². The van der Waals surface area contributed by atoms with Crippen LogP contribution in [0.1, 0.15) is 41.5 Å². The van der Waals surface area contributed by atoms with E-state index in [1.165, 1.54) is 5.56 Å². The van der Waals surface area contributed by atoms with E-state index in [0.29, 0.717) is 37.2 Å². The summed E-state index contributed by atoms with van der Waals surface area (Å²) in [6, 6.07) is 10.5. The minimum atomic E-state index is -0.241. The summed E-state index contributed by atoms with van der Waals surface area (Å²) in [5, 5.41) is 2.63. The van der Waals surface area contributed by atoms with Gasteiger partial charge in [0.15, 0.2) is 5.82 Å². The largest absolute Gasteiger partial charge is 0.494 e. The highest BCUT2D eigenvalue weighted by molar-refractivity contribution is 9.10. The Hall–Kier alpha value is -3.17. The van der Waals surface area contributed by atoms with Crippen LogP contribution in [0.3, 0.4) is 0 Å². The Morgan fingerprint density at radius 1 is 1.20 bits per heavy atom. The highest BCUT2D eigenvalue weighted by Gasteiger charge is 2.22. The number of imidazole rings is 2. The molecule has 9 heteroatoms. The van der Waals surface area contributed by atoms with E-state index in [4.69, 9.17) is 14.5 Å². The maximum Gasteiger partial charge on any atom is 0.287 e. The molecule has 0 atom stereocenters. The molecule has 0 saturated carbocycles. The van der Waals surface area contributed by atoms with Crippen molar-refractivity contribution >= 4 is 32.9 Å². The van der Waals surface area contributed by atoms with Crippen LogP contribution in [0.4, 0.5) is 0 Å². The number of hydrogen-bond acceptors (Lipinski definition) is 5. The third-order valence-electron chi connectivity index (χ3n) is 6.06. The summed E-state index contributed by atoms with van der Waals surface area (Å²) in [7, 11) is 4.94. The Morgan fingerprint density at radius 2 is 1.94 bits per heavy atom. The monoisotopic (exact) mass is 539 g/mol. The zero-order valence-corrected chi connectivity index (χ0v) is 22.2. The molecule has 0 spiro atoms. The van der Waals surface area contributed by atoms with Crippen LogP contribution in [0.5, 0.6) is 5.75 Å². The molecule has 2 aromatic carbocycles. The van der Waals surface area contributed by atoms with Gasteiger partial charge >= 0.3 is 0 Å². The molecule has 0 aliphatic heterocycles. The van der Waals surface area contributed by atoms with Gasteiger partial charge < -0.3 is 23.9 Å². The quantitative estimate of drug-likeness (QED) is 0.328. The second kappa shape index (κ2) is 10.6. The molecule has 0 saturated heterocycles. The fraction of sp³-hybridized carbons (Fsp3) is 0.346. The van der Waals surface area contributed by atoms with Crippen LogP contribution in [0.25, 0.3) is 22.4 Å². The van der Waals surface area contributed by atoms with Gasteiger partial charge in [-0.25, -0.2) is 9.97 Å². The lowest BCUT2D eigenvalue weighted by Gasteiger charge is -2.14. The van der Waals surface area contributed by atoms with Gasteiger partial charge in [0.2, 0.25) is 0 Å². The van der Waals surface area contributed by atoms with Gasteiger partial charge in [-0.05, 0) is 39.0 Å². The smallest absolute Gasteiger partial charge is 0.287 e. The first kappa shape index (κ1) is 24.9. The van der Waals surface area contributed by atoms with Crippen LogP contribution in [0.15, 0.2) is 47.2 Å². The molecular weight excluding hydrogens is 510 g/mol. The molecule has 0 radical (unpaired) electrons. The molecule has 0 fully saturated rings. The van der Waals surface area contributed by atoms with Crippen molar-refractivity contribution in [3.8, 4) is 17.1 Å². The Morgan fingerprint density at radius 3 is 2.57 bits per heavy atom. The Bertz CT molecular complexity index is 1340. The van der Waals surface area contributed by atoms with E-state index < -0.39 is 0 Å². The summed E-state index contributed by atoms with van der Waals surface area (Å²) < 4.78 is 16.0. The Labute approximate surface area is 213 Å². The van der Waals surface area contributed by atoms with Gasteiger partial charge in [-0.1, -0.05) is 38.1 Å². The van der Waals surface area contributed by atoms with Crippen LogP contribution in [0.2, 0.25) is 0 Å². The van der Waals surface area contributed by atoms with E-state index in [0.717, 1.165) is 32.5 Å². The van der Waals surface area contributed by atoms with E-state index in [-0.39, 0.29) is 5.91 Å². The zero-order chi connectivity index (χ0) is 25.1. The van der Waals surface area contributed by atoms with Crippen LogP contribution in [-0.4, -0.2) is 52.9 Å². The second-order valence-corrected chi connectivity index (χ2v) is 9.36. The maximum atomic E-state index is 12.2. The molecule has 1 amide bonds. The molecule has 4 aromatic rings. The summed E-state index contributed by atoms with van der Waals surface area (Å²) in [6.07, 6.45) is 3.40. The lowest BCUT2D eigenvalue weighted by molar-refractivity contribution is 0.0949. The van der Waals surface area contributed by atoms with Gasteiger partial charge in [-0.3, -0.25) is 4.79 Å². The normalized spacial score (nSPS) is 11.4. The number of carbonyl (C=O) groups is 1. The van der Waals surface area contributed by atoms with E-state index in [2.05, 4.69) is 68.9 Å². The molecule has 0 bridgehead atoms. The molecular formula is C26H30BrN5O3. The van der Waals surface area contributed by atoms with Gasteiger partial charge in [0.25, 0.3) is 5.91 Å². The summed E-state index contributed by atoms with van der Waals surface area (Å²) in [5.41, 5.74) is 4.91. The van der Waals surface area contributed by atoms with Crippen molar-refractivity contribution in [1.29, 1.82) is 0 Å². The average molecular weight is 540 g/mol. The van der Waals surface area contributed by atoms with Gasteiger partial charge in [-0.15, -0.1) is 0 Å². The molecule has 0 unspecified atom stereocenters. The van der Waals surface area contributed by atoms with Crippen molar-refractivity contribution in [2.75, 3.05) is 27.9 Å². The average Bonchev–Trinajstić information content (AvgIpc) is 3.49. The summed E-state index contributed by atoms with van der Waals surface area (Å²) >= 11 is 3.79. The van der Waals surface area contributed by atoms with Crippen molar-refractivity contribution in [3.05, 3.63) is 64.1 Å². The van der Waals surface area contributed by atoms with Crippen LogP contribution < -0.4 is 10.1 Å². The fourth-order valence-electron chi connectivity index (χ4n) is 4.15. The van der Waals surface area contributed by atoms with Gasteiger partial charge in [0.1, 0.15) is 22.6 Å². The van der Waals surface area contributed by atoms with Crippen molar-refractivity contribution in [3.63, 3.8) is 0 Å². The zero-order valence-electron chi connectivity index (χ0n) is 20.6. The minimum absolute atomic E-state index is 0.241. The number of carbonyl (C=O) groups excluding carboxylic acids is 1. The first-order chi connectivity index (χ1) is 16.9. The summed E-state index contributed by atoms with van der Waals surface area (Å²) in [6.45, 7) is 5.96. The maximum absolute atomic E-state index is 12.2. The van der Waals surface area contributed by atoms with E-state index in [1.807, 2.05) is 6.07 Å². The number of rotatable bonds is 9. The standard InChI is InChI=1S/C26H30BrN5O3/c1-16(2)17-6-8-18(9-7-17)24-30-22-21(27)19(15-31-11-10-29-25(31)26(33)28-3)14-20(35-5)23(22)32(24)12-13-34-4/h6-11,14,16H,12-13,15H2,1-5H3,(H,28,33). The summed E-state index contributed by atoms with van der Waals surface area (Å²) in [4.78, 5) is 21.5. The Balaban J connectivity index is 1.87. The van der Waals surface area contributed by atoms with E-state index >= 15 is 0 Å². The number of methoxy groups -OCH3 is 2. The number of nitrogens with zero attached hydrogens (tertiary/aromatic N) is 4. The number of nitrogens with one attached hydrogen (secondary N) is 1. The molecule has 0 aliphatic rings. The minimum Gasteiger partial charge on any atom is -0.494 e. The molecule has 0 aliphatic carbocycles. The third-order valence-corrected chi connectivity index (χ3v) is 6.94. The number of ether oxygens (including phenoxy) is 2. The lowest BCUT2D eigenvalue weighted by atomic mass is 10.0. The lowest BCUT2D eigenvalue weighted by Crippen LogP contribution is -2.23. The summed E-state index contributed by atoms with van der Waals surface area (Å²) in [5.74, 6) is 2.10. The fourth-order valence-corrected chi connectivity index (χ4v) is 4.66. The first-order valence-corrected chi connectivity index (χ1v) is 12.3. The number of amides is 1. The van der Waals surface area contributed by atoms with E-state index in [1.54, 1.807) is 38.2 Å². The van der Waals surface area contributed by atoms with Gasteiger partial charge in [0.05, 0.1) is 24.7 Å². The molecule has 4 rings (SSSR count). The number of aromatic nitrogens is 4. The number of benzene rings is 2. The number of hydrogen-bond donors (Lipinski definition) is 1.